The highest BCUT2D eigenvalue weighted by Gasteiger charge is 2.28. The summed E-state index contributed by atoms with van der Waals surface area (Å²) in [5, 5.41) is 15.5. The van der Waals surface area contributed by atoms with Crippen LogP contribution in [0.1, 0.15) is 58.3 Å². The third-order valence-corrected chi connectivity index (χ3v) is 6.88. The molecule has 0 saturated heterocycles. The Kier molecular flexibility index (Phi) is 8.50. The largest absolute Gasteiger partial charge is 0.497 e. The van der Waals surface area contributed by atoms with Crippen molar-refractivity contribution in [2.24, 2.45) is 0 Å². The minimum atomic E-state index is -0.689. The van der Waals surface area contributed by atoms with Gasteiger partial charge in [-0.15, -0.1) is 22.7 Å². The average molecular weight is 526 g/mol. The Morgan fingerprint density at radius 2 is 1.89 bits per heavy atom. The van der Waals surface area contributed by atoms with E-state index in [2.05, 4.69) is 16.4 Å². The molecule has 0 bridgehead atoms. The lowest BCUT2D eigenvalue weighted by Gasteiger charge is -2.19. The maximum Gasteiger partial charge on any atom is 0.349 e. The van der Waals surface area contributed by atoms with Gasteiger partial charge in [0, 0.05) is 17.1 Å². The van der Waals surface area contributed by atoms with Crippen LogP contribution >= 0.6 is 22.7 Å². The van der Waals surface area contributed by atoms with Crippen molar-refractivity contribution >= 4 is 45.2 Å². The second kappa shape index (κ2) is 11.4. The van der Waals surface area contributed by atoms with Crippen LogP contribution in [0.2, 0.25) is 0 Å². The fourth-order valence-electron chi connectivity index (χ4n) is 3.15. The molecular formula is C26H27N3O5S2. The topological polar surface area (TPSA) is 111 Å². The lowest BCUT2D eigenvalue weighted by Crippen LogP contribution is -2.23. The highest BCUT2D eigenvalue weighted by Crippen LogP contribution is 2.36. The Morgan fingerprint density at radius 1 is 1.19 bits per heavy atom. The fourth-order valence-corrected chi connectivity index (χ4v) is 4.99. The van der Waals surface area contributed by atoms with E-state index in [-0.39, 0.29) is 17.7 Å². The van der Waals surface area contributed by atoms with Crippen molar-refractivity contribution in [3.8, 4) is 23.1 Å². The SMILES string of the molecule is CCOC(=O)c1c(N/C=C(/C#N)c2nc(-c3ccc(OC)cc3)cs2)sc(C(=O)OC(C)(C)C)c1C. The van der Waals surface area contributed by atoms with Gasteiger partial charge >= 0.3 is 11.9 Å². The predicted octanol–water partition coefficient (Wildman–Crippen LogP) is 6.30. The number of thiazole rings is 1. The molecule has 0 saturated carbocycles. The number of benzene rings is 1. The van der Waals surface area contributed by atoms with Crippen LogP contribution in [0.3, 0.4) is 0 Å². The number of anilines is 1. The number of aromatic nitrogens is 1. The molecule has 3 rings (SSSR count). The van der Waals surface area contributed by atoms with Crippen molar-refractivity contribution in [3.63, 3.8) is 0 Å². The molecule has 188 valence electrons. The molecule has 0 aliphatic carbocycles. The van der Waals surface area contributed by atoms with Gasteiger partial charge in [0.05, 0.1) is 25.0 Å². The van der Waals surface area contributed by atoms with E-state index < -0.39 is 17.5 Å². The molecule has 8 nitrogen and oxygen atoms in total. The number of nitrogens with zero attached hydrogens (tertiary/aromatic N) is 2. The molecule has 3 aromatic rings. The summed E-state index contributed by atoms with van der Waals surface area (Å²) >= 11 is 2.40. The molecule has 1 N–H and O–H groups in total. The smallest absolute Gasteiger partial charge is 0.349 e. The number of nitrogens with one attached hydrogen (secondary N) is 1. The molecule has 2 aromatic heterocycles. The van der Waals surface area contributed by atoms with Crippen molar-refractivity contribution < 1.29 is 23.8 Å². The number of hydrogen-bond donors (Lipinski definition) is 1. The summed E-state index contributed by atoms with van der Waals surface area (Å²) in [5.74, 6) is -0.353. The summed E-state index contributed by atoms with van der Waals surface area (Å²) in [4.78, 5) is 30.3. The van der Waals surface area contributed by atoms with Crippen molar-refractivity contribution in [2.45, 2.75) is 40.2 Å². The highest BCUT2D eigenvalue weighted by atomic mass is 32.1. The van der Waals surface area contributed by atoms with E-state index in [9.17, 15) is 14.9 Å². The van der Waals surface area contributed by atoms with E-state index in [1.54, 1.807) is 41.7 Å². The molecular weight excluding hydrogens is 498 g/mol. The van der Waals surface area contributed by atoms with E-state index in [1.165, 1.54) is 17.5 Å². The summed E-state index contributed by atoms with van der Waals surface area (Å²) in [6.07, 6.45) is 1.48. The summed E-state index contributed by atoms with van der Waals surface area (Å²) in [6, 6.07) is 9.61. The molecule has 0 amide bonds. The number of ether oxygens (including phenoxy) is 3. The van der Waals surface area contributed by atoms with Crippen LogP contribution in [0.25, 0.3) is 16.8 Å². The molecule has 0 spiro atoms. The first-order valence-electron chi connectivity index (χ1n) is 11.1. The Labute approximate surface area is 218 Å². The van der Waals surface area contributed by atoms with E-state index in [0.29, 0.717) is 20.4 Å². The van der Waals surface area contributed by atoms with Crippen LogP contribution in [0.4, 0.5) is 5.00 Å². The molecule has 0 atom stereocenters. The van der Waals surface area contributed by atoms with Gasteiger partial charge in [-0.2, -0.15) is 5.26 Å². The number of methoxy groups -OCH3 is 1. The standard InChI is InChI=1S/C26H27N3O5S2/c1-7-33-24(30)20-15(2)21(25(31)34-26(3,4)5)36-23(20)28-13-17(12-27)22-29-19(14-35-22)16-8-10-18(32-6)11-9-16/h8-11,13-14,28H,7H2,1-6H3/b17-13-. The first kappa shape index (κ1) is 26.9. The molecule has 0 fully saturated rings. The number of nitriles is 1. The average Bonchev–Trinajstić information content (AvgIpc) is 3.44. The first-order chi connectivity index (χ1) is 17.1. The van der Waals surface area contributed by atoms with E-state index in [0.717, 1.165) is 28.3 Å². The fraction of sp³-hybridized carbons (Fsp3) is 0.308. The highest BCUT2D eigenvalue weighted by molar-refractivity contribution is 7.18. The predicted molar refractivity (Wildman–Crippen MR) is 141 cm³/mol. The van der Waals surface area contributed by atoms with Crippen LogP contribution in [0.5, 0.6) is 5.75 Å². The maximum atomic E-state index is 12.7. The number of esters is 2. The maximum absolute atomic E-state index is 12.7. The molecule has 0 radical (unpaired) electrons. The van der Waals surface area contributed by atoms with Crippen molar-refractivity contribution in [2.75, 3.05) is 19.0 Å². The number of allylic oxidation sites excluding steroid dienone is 1. The van der Waals surface area contributed by atoms with Crippen molar-refractivity contribution in [1.29, 1.82) is 5.26 Å². The van der Waals surface area contributed by atoms with Crippen molar-refractivity contribution in [3.05, 3.63) is 56.9 Å². The number of carbonyl (C=O) groups excluding carboxylic acids is 2. The quantitative estimate of drug-likeness (QED) is 0.270. The van der Waals surface area contributed by atoms with Crippen LogP contribution in [-0.2, 0) is 9.47 Å². The zero-order valence-electron chi connectivity index (χ0n) is 20.9. The van der Waals surface area contributed by atoms with Gasteiger partial charge in [-0.1, -0.05) is 0 Å². The summed E-state index contributed by atoms with van der Waals surface area (Å²) in [6.45, 7) is 8.88. The number of hydrogen-bond acceptors (Lipinski definition) is 10. The molecule has 0 aliphatic heterocycles. The third kappa shape index (κ3) is 6.30. The third-order valence-electron chi connectivity index (χ3n) is 4.80. The van der Waals surface area contributed by atoms with Crippen LogP contribution in [0, 0.1) is 18.3 Å². The molecule has 10 heteroatoms. The Hall–Kier alpha value is -3.68. The van der Waals surface area contributed by atoms with E-state index in [4.69, 9.17) is 14.2 Å². The lowest BCUT2D eigenvalue weighted by molar-refractivity contribution is 0.00745. The van der Waals surface area contributed by atoms with Gasteiger partial charge in [0.15, 0.2) is 0 Å². The minimum Gasteiger partial charge on any atom is -0.497 e. The normalized spacial score (nSPS) is 11.5. The number of thiophene rings is 1. The van der Waals surface area contributed by atoms with Crippen LogP contribution in [-0.4, -0.2) is 36.2 Å². The lowest BCUT2D eigenvalue weighted by atomic mass is 10.1. The van der Waals surface area contributed by atoms with Crippen LogP contribution in [0.15, 0.2) is 35.8 Å². The van der Waals surface area contributed by atoms with Gasteiger partial charge in [0.2, 0.25) is 0 Å². The summed E-state index contributed by atoms with van der Waals surface area (Å²) in [5.41, 5.74) is 1.90. The molecule has 36 heavy (non-hydrogen) atoms. The zero-order valence-corrected chi connectivity index (χ0v) is 22.6. The van der Waals surface area contributed by atoms with Crippen molar-refractivity contribution in [1.82, 2.24) is 4.98 Å². The number of rotatable bonds is 8. The molecule has 0 aliphatic rings. The second-order valence-corrected chi connectivity index (χ2v) is 10.4. The van der Waals surface area contributed by atoms with Gasteiger partial charge in [0.1, 0.15) is 37.9 Å². The Bertz CT molecular complexity index is 1330. The molecule has 0 unspecified atom stereocenters. The monoisotopic (exact) mass is 525 g/mol. The van der Waals surface area contributed by atoms with Crippen LogP contribution < -0.4 is 10.1 Å². The summed E-state index contributed by atoms with van der Waals surface area (Å²) in [7, 11) is 1.60. The number of carbonyl (C=O) groups is 2. The van der Waals surface area contributed by atoms with Gasteiger partial charge in [-0.25, -0.2) is 14.6 Å². The molecule has 1 aromatic carbocycles. The van der Waals surface area contributed by atoms with Gasteiger partial charge in [-0.3, -0.25) is 0 Å². The first-order valence-corrected chi connectivity index (χ1v) is 12.8. The summed E-state index contributed by atoms with van der Waals surface area (Å²) < 4.78 is 15.9. The minimum absolute atomic E-state index is 0.182. The Balaban J connectivity index is 1.92. The van der Waals surface area contributed by atoms with Gasteiger partial charge in [0.25, 0.3) is 0 Å². The van der Waals surface area contributed by atoms with Gasteiger partial charge < -0.3 is 19.5 Å². The van der Waals surface area contributed by atoms with E-state index >= 15 is 0 Å². The van der Waals surface area contributed by atoms with E-state index in [1.807, 2.05) is 29.6 Å². The van der Waals surface area contributed by atoms with Gasteiger partial charge in [-0.05, 0) is 64.4 Å². The molecule has 2 heterocycles. The zero-order chi connectivity index (χ0) is 26.5. The Morgan fingerprint density at radius 3 is 2.47 bits per heavy atom. The second-order valence-electron chi connectivity index (χ2n) is 8.56.